The number of nitrogens with two attached hydrogens (primary N) is 1. The molecule has 0 fully saturated rings. The minimum absolute atomic E-state index is 0.0780. The Balaban J connectivity index is 2.51. The molecule has 1 heterocycles. The van der Waals surface area contributed by atoms with Crippen molar-refractivity contribution in [1.29, 1.82) is 0 Å². The number of primary amides is 1. The second-order valence-corrected chi connectivity index (χ2v) is 4.70. The second kappa shape index (κ2) is 5.48. The van der Waals surface area contributed by atoms with Crippen molar-refractivity contribution in [2.24, 2.45) is 5.73 Å². The number of carbonyl (C=O) groups excluding carboxylic acids is 2. The van der Waals surface area contributed by atoms with E-state index in [-0.39, 0.29) is 13.1 Å². The van der Waals surface area contributed by atoms with Gasteiger partial charge in [0.25, 0.3) is 0 Å². The Bertz CT molecular complexity index is 435. The van der Waals surface area contributed by atoms with Gasteiger partial charge in [-0.1, -0.05) is 5.21 Å². The molecule has 0 saturated heterocycles. The summed E-state index contributed by atoms with van der Waals surface area (Å²) in [7, 11) is 0. The molecule has 0 spiro atoms. The number of alkyl carbamates (subject to hydrolysis) is 1. The van der Waals surface area contributed by atoms with Crippen molar-refractivity contribution in [3.05, 3.63) is 11.9 Å². The Morgan fingerprint density at radius 3 is 2.72 bits per heavy atom. The molecule has 0 aliphatic heterocycles. The van der Waals surface area contributed by atoms with Gasteiger partial charge in [-0.25, -0.2) is 9.48 Å². The molecule has 2 amide bonds. The van der Waals surface area contributed by atoms with E-state index in [4.69, 9.17) is 10.5 Å². The first-order chi connectivity index (χ1) is 8.28. The quantitative estimate of drug-likeness (QED) is 0.773. The molecule has 3 N–H and O–H groups in total. The fraction of sp³-hybridized carbons (Fsp3) is 0.600. The smallest absolute Gasteiger partial charge is 0.407 e. The molecule has 100 valence electrons. The summed E-state index contributed by atoms with van der Waals surface area (Å²) in [6, 6.07) is 0. The maximum absolute atomic E-state index is 11.4. The van der Waals surface area contributed by atoms with E-state index in [0.717, 1.165) is 0 Å². The standard InChI is InChI=1S/C10H17N5O3/c1-10(2,3)18-9(17)12-4-7-5-13-14-15(7)6-8(11)16/h5H,4,6H2,1-3H3,(H2,11,16)(H,12,17). The van der Waals surface area contributed by atoms with Gasteiger partial charge in [-0.2, -0.15) is 0 Å². The Morgan fingerprint density at radius 1 is 1.50 bits per heavy atom. The van der Waals surface area contributed by atoms with Gasteiger partial charge in [0.15, 0.2) is 0 Å². The monoisotopic (exact) mass is 255 g/mol. The average molecular weight is 255 g/mol. The number of rotatable bonds is 4. The summed E-state index contributed by atoms with van der Waals surface area (Å²) in [5, 5.41) is 9.86. The van der Waals surface area contributed by atoms with Crippen molar-refractivity contribution < 1.29 is 14.3 Å². The van der Waals surface area contributed by atoms with Crippen LogP contribution >= 0.6 is 0 Å². The SMILES string of the molecule is CC(C)(C)OC(=O)NCc1cnnn1CC(N)=O. The molecule has 0 unspecified atom stereocenters. The molecule has 0 radical (unpaired) electrons. The lowest BCUT2D eigenvalue weighted by atomic mass is 10.2. The van der Waals surface area contributed by atoms with E-state index in [0.29, 0.717) is 5.69 Å². The highest BCUT2D eigenvalue weighted by molar-refractivity contribution is 5.73. The highest BCUT2D eigenvalue weighted by Crippen LogP contribution is 2.06. The van der Waals surface area contributed by atoms with Crippen molar-refractivity contribution in [3.63, 3.8) is 0 Å². The Morgan fingerprint density at radius 2 is 2.17 bits per heavy atom. The van der Waals surface area contributed by atoms with Crippen LogP contribution in [0, 0.1) is 0 Å². The van der Waals surface area contributed by atoms with Crippen molar-refractivity contribution in [2.75, 3.05) is 0 Å². The van der Waals surface area contributed by atoms with E-state index < -0.39 is 17.6 Å². The normalized spacial score (nSPS) is 11.1. The van der Waals surface area contributed by atoms with Gasteiger partial charge in [0.2, 0.25) is 5.91 Å². The first kappa shape index (κ1) is 13.9. The molecule has 0 saturated carbocycles. The third-order valence-corrected chi connectivity index (χ3v) is 1.82. The number of carbonyl (C=O) groups is 2. The lowest BCUT2D eigenvalue weighted by molar-refractivity contribution is -0.118. The summed E-state index contributed by atoms with van der Waals surface area (Å²) in [5.74, 6) is -0.529. The second-order valence-electron chi connectivity index (χ2n) is 4.70. The summed E-state index contributed by atoms with van der Waals surface area (Å²) < 4.78 is 6.38. The lowest BCUT2D eigenvalue weighted by Crippen LogP contribution is -2.33. The third-order valence-electron chi connectivity index (χ3n) is 1.82. The van der Waals surface area contributed by atoms with E-state index in [2.05, 4.69) is 15.6 Å². The predicted molar refractivity (Wildman–Crippen MR) is 62.3 cm³/mol. The predicted octanol–water partition coefficient (Wildman–Crippen LogP) is -0.212. The summed E-state index contributed by atoms with van der Waals surface area (Å²) in [6.45, 7) is 5.39. The summed E-state index contributed by atoms with van der Waals surface area (Å²) in [4.78, 5) is 22.2. The molecule has 0 aliphatic rings. The maximum atomic E-state index is 11.4. The minimum Gasteiger partial charge on any atom is -0.444 e. The van der Waals surface area contributed by atoms with Crippen molar-refractivity contribution in [1.82, 2.24) is 20.3 Å². The number of aromatic nitrogens is 3. The number of nitrogens with one attached hydrogen (secondary N) is 1. The molecule has 0 bridgehead atoms. The minimum atomic E-state index is -0.560. The summed E-state index contributed by atoms with van der Waals surface area (Å²) >= 11 is 0. The lowest BCUT2D eigenvalue weighted by Gasteiger charge is -2.19. The zero-order valence-corrected chi connectivity index (χ0v) is 10.6. The van der Waals surface area contributed by atoms with Gasteiger partial charge in [0.05, 0.1) is 18.4 Å². The highest BCUT2D eigenvalue weighted by Gasteiger charge is 2.16. The molecule has 8 nitrogen and oxygen atoms in total. The van der Waals surface area contributed by atoms with Crippen LogP contribution in [0.2, 0.25) is 0 Å². The molecule has 1 rings (SSSR count). The molecule has 8 heteroatoms. The van der Waals surface area contributed by atoms with Crippen LogP contribution in [0.1, 0.15) is 26.5 Å². The van der Waals surface area contributed by atoms with Gasteiger partial charge >= 0.3 is 6.09 Å². The van der Waals surface area contributed by atoms with Gasteiger partial charge in [-0.05, 0) is 20.8 Å². The molecule has 1 aromatic heterocycles. The van der Waals surface area contributed by atoms with Gasteiger partial charge in [-0.3, -0.25) is 4.79 Å². The molecule has 1 aromatic rings. The van der Waals surface area contributed by atoms with Crippen LogP contribution in [0.25, 0.3) is 0 Å². The van der Waals surface area contributed by atoms with Crippen LogP contribution in [-0.4, -0.2) is 32.6 Å². The molecule has 0 aromatic carbocycles. The van der Waals surface area contributed by atoms with Crippen LogP contribution in [0.3, 0.4) is 0 Å². The third kappa shape index (κ3) is 4.81. The number of ether oxygens (including phenoxy) is 1. The number of hydrogen-bond donors (Lipinski definition) is 2. The average Bonchev–Trinajstić information content (AvgIpc) is 2.58. The maximum Gasteiger partial charge on any atom is 0.407 e. The number of nitrogens with zero attached hydrogens (tertiary/aromatic N) is 3. The summed E-state index contributed by atoms with van der Waals surface area (Å²) in [6.07, 6.45) is 0.898. The largest absolute Gasteiger partial charge is 0.444 e. The van der Waals surface area contributed by atoms with Crippen LogP contribution in [0.5, 0.6) is 0 Å². The topological polar surface area (TPSA) is 112 Å². The number of hydrogen-bond acceptors (Lipinski definition) is 5. The molecule has 0 atom stereocenters. The van der Waals surface area contributed by atoms with Crippen molar-refractivity contribution in [2.45, 2.75) is 39.5 Å². The molecular formula is C10H17N5O3. The van der Waals surface area contributed by atoms with E-state index in [1.54, 1.807) is 20.8 Å². The van der Waals surface area contributed by atoms with E-state index >= 15 is 0 Å². The fourth-order valence-corrected chi connectivity index (χ4v) is 1.17. The van der Waals surface area contributed by atoms with Crippen LogP contribution in [0.15, 0.2) is 6.20 Å². The number of amides is 2. The van der Waals surface area contributed by atoms with Crippen LogP contribution in [0.4, 0.5) is 4.79 Å². The highest BCUT2D eigenvalue weighted by atomic mass is 16.6. The molecule has 18 heavy (non-hydrogen) atoms. The summed E-state index contributed by atoms with van der Waals surface area (Å²) in [5.41, 5.74) is 5.06. The Hall–Kier alpha value is -2.12. The molecular weight excluding hydrogens is 238 g/mol. The first-order valence-electron chi connectivity index (χ1n) is 5.40. The Labute approximate surface area is 104 Å². The van der Waals surface area contributed by atoms with E-state index in [1.165, 1.54) is 10.9 Å². The molecule has 0 aliphatic carbocycles. The van der Waals surface area contributed by atoms with E-state index in [9.17, 15) is 9.59 Å². The van der Waals surface area contributed by atoms with Crippen molar-refractivity contribution >= 4 is 12.0 Å². The van der Waals surface area contributed by atoms with Gasteiger partial charge in [-0.15, -0.1) is 5.10 Å². The van der Waals surface area contributed by atoms with Crippen LogP contribution < -0.4 is 11.1 Å². The van der Waals surface area contributed by atoms with Gasteiger partial charge in [0.1, 0.15) is 12.1 Å². The fourth-order valence-electron chi connectivity index (χ4n) is 1.17. The van der Waals surface area contributed by atoms with Gasteiger partial charge < -0.3 is 15.8 Å². The van der Waals surface area contributed by atoms with Crippen LogP contribution in [-0.2, 0) is 22.6 Å². The zero-order valence-electron chi connectivity index (χ0n) is 10.6. The zero-order chi connectivity index (χ0) is 13.8. The van der Waals surface area contributed by atoms with Crippen molar-refractivity contribution in [3.8, 4) is 0 Å². The first-order valence-corrected chi connectivity index (χ1v) is 5.40. The van der Waals surface area contributed by atoms with Gasteiger partial charge in [0, 0.05) is 0 Å². The van der Waals surface area contributed by atoms with E-state index in [1.807, 2.05) is 0 Å². The Kier molecular flexibility index (Phi) is 4.24.